The Hall–Kier alpha value is -6.30. The molecule has 0 spiro atoms. The quantitative estimate of drug-likeness (QED) is 0.0235. The lowest BCUT2D eigenvalue weighted by Gasteiger charge is -2.28. The summed E-state index contributed by atoms with van der Waals surface area (Å²) >= 11 is 0. The number of nitrogens with two attached hydrogens (primary N) is 1. The van der Waals surface area contributed by atoms with E-state index in [1.54, 1.807) is 0 Å². The number of carbonyl (C=O) groups excluding carboxylic acids is 9. The van der Waals surface area contributed by atoms with Crippen molar-refractivity contribution in [2.24, 2.45) is 29.4 Å². The molecule has 23 nitrogen and oxygen atoms in total. The van der Waals surface area contributed by atoms with Crippen molar-refractivity contribution in [3.63, 3.8) is 0 Å². The number of carbonyl (C=O) groups is 12. The third-order valence-corrected chi connectivity index (χ3v) is 17.1. The summed E-state index contributed by atoms with van der Waals surface area (Å²) in [7, 11) is 0. The van der Waals surface area contributed by atoms with E-state index in [9.17, 15) is 67.7 Å². The summed E-state index contributed by atoms with van der Waals surface area (Å²) in [4.78, 5) is 145. The Bertz CT molecular complexity index is 2390. The number of carboxylic acid groups (broad SMARTS) is 3. The number of aliphatic carboxylic acids is 3. The van der Waals surface area contributed by atoms with Crippen LogP contribution in [0.3, 0.4) is 0 Å². The molecule has 0 saturated heterocycles. The molecule has 0 heterocycles. The Balaban J connectivity index is 0.00000343. The van der Waals surface area contributed by atoms with E-state index >= 15 is 0 Å². The molecule has 1 aliphatic rings. The zero-order valence-corrected chi connectivity index (χ0v) is 58.4. The average molecular weight is 1360 g/mol. The molecule has 0 aliphatic heterocycles. The molecule has 0 radical (unpaired) electrons. The van der Waals surface area contributed by atoms with Crippen molar-refractivity contribution >= 4 is 70.5 Å². The molecular formula is C73H120N4O19. The smallest absolute Gasteiger partial charge is 0.306 e. The van der Waals surface area contributed by atoms with Crippen LogP contribution in [-0.4, -0.2) is 158 Å². The maximum Gasteiger partial charge on any atom is 0.306 e. The summed E-state index contributed by atoms with van der Waals surface area (Å²) in [5.41, 5.74) is 7.40. The number of ether oxygens (including phenoxy) is 4. The number of ketones is 5. The third-order valence-electron chi connectivity index (χ3n) is 17.1. The van der Waals surface area contributed by atoms with Crippen LogP contribution in [0.2, 0.25) is 0 Å². The maximum absolute atomic E-state index is 13.3. The number of Topliss-reactive ketones (excluding diaryl/α,β-unsaturated/α-hetero) is 5. The van der Waals surface area contributed by atoms with Gasteiger partial charge in [-0.15, -0.1) is 0 Å². The molecule has 1 aliphatic carbocycles. The van der Waals surface area contributed by atoms with Gasteiger partial charge in [0.2, 0.25) is 23.6 Å². The molecule has 1 fully saturated rings. The van der Waals surface area contributed by atoms with Crippen LogP contribution in [0.25, 0.3) is 0 Å². The highest BCUT2D eigenvalue weighted by molar-refractivity contribution is 5.96. The fourth-order valence-electron chi connectivity index (χ4n) is 11.2. The molecule has 546 valence electrons. The zero-order valence-electron chi connectivity index (χ0n) is 58.4. The van der Waals surface area contributed by atoms with Crippen LogP contribution in [0.5, 0.6) is 0 Å². The molecule has 2 rings (SSSR count). The first-order chi connectivity index (χ1) is 46.1. The van der Waals surface area contributed by atoms with Crippen molar-refractivity contribution < 1.29 is 91.8 Å². The number of primary amides is 1. The molecule has 0 bridgehead atoms. The predicted molar refractivity (Wildman–Crippen MR) is 365 cm³/mol. The molecule has 23 heteroatoms. The second-order valence-corrected chi connectivity index (χ2v) is 25.7. The van der Waals surface area contributed by atoms with Gasteiger partial charge < -0.3 is 56.0 Å². The highest BCUT2D eigenvalue weighted by atomic mass is 16.5. The molecule has 4 amide bonds. The van der Waals surface area contributed by atoms with Gasteiger partial charge in [-0.2, -0.15) is 0 Å². The van der Waals surface area contributed by atoms with Gasteiger partial charge in [0.1, 0.15) is 19.0 Å². The van der Waals surface area contributed by atoms with Crippen LogP contribution in [-0.2, 0) is 71.7 Å². The first-order valence-corrected chi connectivity index (χ1v) is 35.9. The molecule has 1 aromatic rings. The van der Waals surface area contributed by atoms with Crippen LogP contribution < -0.4 is 21.7 Å². The minimum atomic E-state index is -1.20. The normalized spacial score (nSPS) is 14.4. The summed E-state index contributed by atoms with van der Waals surface area (Å²) in [6, 6.07) is 6.64. The van der Waals surface area contributed by atoms with Gasteiger partial charge >= 0.3 is 17.9 Å². The Morgan fingerprint density at radius 1 is 0.479 bits per heavy atom. The number of benzene rings is 1. The fourth-order valence-corrected chi connectivity index (χ4v) is 11.2. The minimum absolute atomic E-state index is 0.0200. The van der Waals surface area contributed by atoms with Gasteiger partial charge in [0.15, 0.2) is 23.1 Å². The topological polar surface area (TPSA) is 365 Å². The van der Waals surface area contributed by atoms with Crippen LogP contribution in [0.1, 0.15) is 267 Å². The van der Waals surface area contributed by atoms with Gasteiger partial charge in [0, 0.05) is 94.9 Å². The van der Waals surface area contributed by atoms with Crippen molar-refractivity contribution in [3.8, 4) is 0 Å². The summed E-state index contributed by atoms with van der Waals surface area (Å²) < 4.78 is 21.6. The average Bonchev–Trinajstić information content (AvgIpc) is 3.21. The van der Waals surface area contributed by atoms with Crippen molar-refractivity contribution in [1.82, 2.24) is 16.0 Å². The Morgan fingerprint density at radius 3 is 1.54 bits per heavy atom. The number of aryl methyl sites for hydroxylation is 1. The van der Waals surface area contributed by atoms with Gasteiger partial charge in [-0.25, -0.2) is 0 Å². The number of rotatable bonds is 62. The van der Waals surface area contributed by atoms with Gasteiger partial charge in [-0.1, -0.05) is 146 Å². The lowest BCUT2D eigenvalue weighted by Crippen LogP contribution is -2.41. The number of hydrogen-bond donors (Lipinski definition) is 7. The Morgan fingerprint density at radius 2 is 1.01 bits per heavy atom. The number of amides is 4. The second-order valence-electron chi connectivity index (χ2n) is 25.7. The van der Waals surface area contributed by atoms with Crippen molar-refractivity contribution in [1.29, 1.82) is 0 Å². The highest BCUT2D eigenvalue weighted by Crippen LogP contribution is 2.31. The number of nitrogens with one attached hydrogen (secondary N) is 3. The van der Waals surface area contributed by atoms with E-state index in [-0.39, 0.29) is 164 Å². The number of unbranched alkanes of at least 4 members (excludes halogenated alkanes) is 16. The van der Waals surface area contributed by atoms with E-state index < -0.39 is 59.3 Å². The van der Waals surface area contributed by atoms with E-state index in [1.165, 1.54) is 69.8 Å². The van der Waals surface area contributed by atoms with Gasteiger partial charge in [0.25, 0.3) is 0 Å². The van der Waals surface area contributed by atoms with Crippen molar-refractivity contribution in [3.05, 3.63) is 35.4 Å². The summed E-state index contributed by atoms with van der Waals surface area (Å²) in [6.07, 6.45) is 25.4. The van der Waals surface area contributed by atoms with Crippen LogP contribution in [0.4, 0.5) is 0 Å². The van der Waals surface area contributed by atoms with E-state index in [4.69, 9.17) is 29.8 Å². The fraction of sp³-hybridized carbons (Fsp3) is 0.753. The lowest BCUT2D eigenvalue weighted by atomic mass is 9.78. The van der Waals surface area contributed by atoms with E-state index in [2.05, 4.69) is 16.0 Å². The van der Waals surface area contributed by atoms with E-state index in [1.807, 2.05) is 45.0 Å². The first kappa shape index (κ1) is 87.7. The standard InChI is InChI=1S/C62H106N4O18.C11H14O/c1-2-3-22-49(61(63)78)41-52(68)44-65-58(73)46-84-40-38-81-35-20-23-51(67)45-83-39-37-82-36-21-24-54(69)53(32-34-60(76)77)66-57(72)33-31-50(62(79)80)42-55(70)48-29-27-47(28-30-48)43-64-56(71)25-18-16-14-12-10-8-6-4-5-7-9-11-13-15-17-19-26-59(74)75;1-3-4-11(12)10-7-5-9(2)6-8-10/h47-50,53H,2-46H2,1H3,(H2,63,78)(H,64,71)(H,65,73)(H,66,72)(H,74,75)(H,76,77)(H,79,80);5-8H,3-4H2,1-2H3/t47?,48?,49-,50-,53+;/m1./s1. The Labute approximate surface area is 571 Å². The van der Waals surface area contributed by atoms with Crippen molar-refractivity contribution in [2.45, 2.75) is 264 Å². The minimum Gasteiger partial charge on any atom is -0.481 e. The molecule has 96 heavy (non-hydrogen) atoms. The maximum atomic E-state index is 13.3. The Kier molecular flexibility index (Phi) is 52.8. The highest BCUT2D eigenvalue weighted by Gasteiger charge is 2.31. The number of hydrogen-bond acceptors (Lipinski definition) is 16. The molecule has 1 aromatic carbocycles. The summed E-state index contributed by atoms with van der Waals surface area (Å²) in [6.45, 7) is 6.99. The van der Waals surface area contributed by atoms with Gasteiger partial charge in [-0.3, -0.25) is 57.5 Å². The molecule has 0 unspecified atom stereocenters. The SMILES string of the molecule is CCCC(=O)c1ccc(C)cc1.CCCC[C@H](CC(=O)CNC(=O)COCCOCCCC(=O)COCCOCCCC(=O)[C@H](CCC(=O)O)NC(=O)CC[C@H](CC(=O)C1CCC(CNC(=O)CCCCCCCCCCCCCCCCCCC(=O)O)CC1)C(=O)O)C(N)=O. The van der Waals surface area contributed by atoms with Crippen molar-refractivity contribution in [2.75, 3.05) is 65.9 Å². The molecule has 1 saturated carbocycles. The van der Waals surface area contributed by atoms with Crippen LogP contribution >= 0.6 is 0 Å². The van der Waals surface area contributed by atoms with E-state index in [0.717, 1.165) is 76.2 Å². The predicted octanol–water partition coefficient (Wildman–Crippen LogP) is 10.9. The third kappa shape index (κ3) is 49.2. The zero-order chi connectivity index (χ0) is 71.0. The second kappa shape index (κ2) is 57.7. The largest absolute Gasteiger partial charge is 0.481 e. The summed E-state index contributed by atoms with van der Waals surface area (Å²) in [5, 5.41) is 36.0. The molecular weight excluding hydrogens is 1240 g/mol. The molecule has 0 aromatic heterocycles. The monoisotopic (exact) mass is 1360 g/mol. The molecule has 8 N–H and O–H groups in total. The lowest BCUT2D eigenvalue weighted by molar-refractivity contribution is -0.145. The first-order valence-electron chi connectivity index (χ1n) is 35.9. The van der Waals surface area contributed by atoms with Crippen LogP contribution in [0, 0.1) is 30.6 Å². The van der Waals surface area contributed by atoms with Gasteiger partial charge in [-0.05, 0) is 89.9 Å². The molecule has 3 atom stereocenters. The summed E-state index contributed by atoms with van der Waals surface area (Å²) in [5.74, 6) is -7.11. The van der Waals surface area contributed by atoms with Gasteiger partial charge in [0.05, 0.1) is 44.9 Å². The van der Waals surface area contributed by atoms with Crippen LogP contribution in [0.15, 0.2) is 24.3 Å². The van der Waals surface area contributed by atoms with E-state index in [0.29, 0.717) is 45.1 Å². The number of carboxylic acids is 3.